The molecule has 0 spiro atoms. The van der Waals surface area contributed by atoms with Gasteiger partial charge in [0.2, 0.25) is 5.91 Å². The maximum atomic E-state index is 12.2. The Morgan fingerprint density at radius 3 is 2.63 bits per heavy atom. The molecule has 0 saturated carbocycles. The largest absolute Gasteiger partial charge is 0.487 e. The molecule has 2 aromatic carbocycles. The quantitative estimate of drug-likeness (QED) is 0.411. The number of anilines is 1. The number of thiazole rings is 1. The van der Waals surface area contributed by atoms with Crippen LogP contribution < -0.4 is 10.1 Å². The minimum absolute atomic E-state index is 0.207. The molecule has 0 fully saturated rings. The fraction of sp³-hybridized carbons (Fsp3) is 0.0870. The fourth-order valence-corrected chi connectivity index (χ4v) is 3.34. The lowest BCUT2D eigenvalue weighted by atomic mass is 10.1. The molecule has 30 heavy (non-hydrogen) atoms. The van der Waals surface area contributed by atoms with Gasteiger partial charge in [-0.1, -0.05) is 12.1 Å². The number of aryl methyl sites for hydroxylation is 1. The standard InChI is InChI=1S/C23H19N3O3S/c1-16-25-20(14-30-16)13-28-21-9-2-17(3-10-21)4-11-23(27)26-19-7-5-18(6-8-19)22-12-24-15-29-22/h2-12,14-15H,13H2,1H3,(H,26,27)/b11-4+. The van der Waals surface area contributed by atoms with Gasteiger partial charge in [-0.05, 0) is 55.0 Å². The van der Waals surface area contributed by atoms with Crippen LogP contribution in [0.1, 0.15) is 16.3 Å². The van der Waals surface area contributed by atoms with Crippen LogP contribution in [0.15, 0.2) is 77.0 Å². The maximum Gasteiger partial charge on any atom is 0.248 e. The van der Waals surface area contributed by atoms with Gasteiger partial charge in [0.05, 0.1) is 16.9 Å². The van der Waals surface area contributed by atoms with E-state index in [4.69, 9.17) is 9.15 Å². The lowest BCUT2D eigenvalue weighted by Gasteiger charge is -2.05. The first kappa shape index (κ1) is 19.6. The molecule has 6 nitrogen and oxygen atoms in total. The Balaban J connectivity index is 1.29. The monoisotopic (exact) mass is 417 g/mol. The molecule has 4 rings (SSSR count). The minimum Gasteiger partial charge on any atom is -0.487 e. The van der Waals surface area contributed by atoms with Crippen LogP contribution in [0.4, 0.5) is 5.69 Å². The first-order valence-corrected chi connectivity index (χ1v) is 10.2. The highest BCUT2D eigenvalue weighted by Gasteiger charge is 2.03. The van der Waals surface area contributed by atoms with Crippen molar-refractivity contribution in [3.63, 3.8) is 0 Å². The number of carbonyl (C=O) groups is 1. The molecule has 0 radical (unpaired) electrons. The number of hydrogen-bond donors (Lipinski definition) is 1. The average molecular weight is 417 g/mol. The number of hydrogen-bond acceptors (Lipinski definition) is 6. The van der Waals surface area contributed by atoms with Gasteiger partial charge in [0.25, 0.3) is 0 Å². The van der Waals surface area contributed by atoms with Gasteiger partial charge in [0.1, 0.15) is 12.4 Å². The zero-order valence-electron chi connectivity index (χ0n) is 16.2. The molecule has 0 unspecified atom stereocenters. The van der Waals surface area contributed by atoms with Crippen LogP contribution in [-0.4, -0.2) is 15.9 Å². The Kier molecular flexibility index (Phi) is 6.01. The van der Waals surface area contributed by atoms with Crippen molar-refractivity contribution in [3.8, 4) is 17.1 Å². The van der Waals surface area contributed by atoms with Crippen LogP contribution in [0.3, 0.4) is 0 Å². The van der Waals surface area contributed by atoms with Gasteiger partial charge in [-0.3, -0.25) is 4.79 Å². The maximum absolute atomic E-state index is 12.2. The van der Waals surface area contributed by atoms with E-state index in [-0.39, 0.29) is 5.91 Å². The molecule has 2 aromatic heterocycles. The Bertz CT molecular complexity index is 1130. The van der Waals surface area contributed by atoms with Crippen molar-refractivity contribution in [1.82, 2.24) is 9.97 Å². The first-order valence-electron chi connectivity index (χ1n) is 9.27. The number of nitrogens with one attached hydrogen (secondary N) is 1. The molecule has 0 aliphatic rings. The van der Waals surface area contributed by atoms with E-state index in [1.54, 1.807) is 23.6 Å². The SMILES string of the molecule is Cc1nc(COc2ccc(/C=C/C(=O)Nc3ccc(-c4cnco4)cc3)cc2)cs1. The van der Waals surface area contributed by atoms with Crippen molar-refractivity contribution in [1.29, 1.82) is 0 Å². The predicted molar refractivity (Wildman–Crippen MR) is 117 cm³/mol. The van der Waals surface area contributed by atoms with E-state index >= 15 is 0 Å². The fourth-order valence-electron chi connectivity index (χ4n) is 2.74. The number of rotatable bonds is 7. The zero-order chi connectivity index (χ0) is 20.8. The summed E-state index contributed by atoms with van der Waals surface area (Å²) < 4.78 is 11.0. The van der Waals surface area contributed by atoms with E-state index in [9.17, 15) is 4.79 Å². The Morgan fingerprint density at radius 1 is 1.17 bits per heavy atom. The summed E-state index contributed by atoms with van der Waals surface area (Å²) in [6, 6.07) is 14.9. The second-order valence-corrected chi connectivity index (χ2v) is 7.54. The number of oxazole rings is 1. The Hall–Kier alpha value is -3.71. The lowest BCUT2D eigenvalue weighted by molar-refractivity contribution is -0.111. The van der Waals surface area contributed by atoms with Gasteiger partial charge in [-0.2, -0.15) is 0 Å². The lowest BCUT2D eigenvalue weighted by Crippen LogP contribution is -2.07. The van der Waals surface area contributed by atoms with Gasteiger partial charge in [0.15, 0.2) is 12.2 Å². The summed E-state index contributed by atoms with van der Waals surface area (Å²) in [5.74, 6) is 1.23. The summed E-state index contributed by atoms with van der Waals surface area (Å²) in [7, 11) is 0. The van der Waals surface area contributed by atoms with Crippen molar-refractivity contribution in [2.75, 3.05) is 5.32 Å². The van der Waals surface area contributed by atoms with Crippen LogP contribution in [0.5, 0.6) is 5.75 Å². The van der Waals surface area contributed by atoms with E-state index in [1.165, 1.54) is 12.5 Å². The van der Waals surface area contributed by atoms with Crippen LogP contribution in [0.2, 0.25) is 0 Å². The third-order valence-electron chi connectivity index (χ3n) is 4.23. The molecule has 4 aromatic rings. The highest BCUT2D eigenvalue weighted by molar-refractivity contribution is 7.09. The second-order valence-electron chi connectivity index (χ2n) is 6.48. The van der Waals surface area contributed by atoms with E-state index < -0.39 is 0 Å². The third kappa shape index (κ3) is 5.21. The highest BCUT2D eigenvalue weighted by atomic mass is 32.1. The summed E-state index contributed by atoms with van der Waals surface area (Å²) in [6.45, 7) is 2.41. The van der Waals surface area contributed by atoms with Gasteiger partial charge in [0, 0.05) is 22.7 Å². The molecular weight excluding hydrogens is 398 g/mol. The van der Waals surface area contributed by atoms with Gasteiger partial charge < -0.3 is 14.5 Å². The van der Waals surface area contributed by atoms with E-state index in [0.717, 1.165) is 27.6 Å². The summed E-state index contributed by atoms with van der Waals surface area (Å²) in [5, 5.41) is 5.85. The average Bonchev–Trinajstić information content (AvgIpc) is 3.44. The molecule has 1 amide bonds. The molecule has 0 bridgehead atoms. The van der Waals surface area contributed by atoms with Crippen molar-refractivity contribution in [2.45, 2.75) is 13.5 Å². The van der Waals surface area contributed by atoms with E-state index in [0.29, 0.717) is 18.1 Å². The molecule has 0 aliphatic heterocycles. The van der Waals surface area contributed by atoms with E-state index in [1.807, 2.05) is 60.8 Å². The van der Waals surface area contributed by atoms with Crippen molar-refractivity contribution < 1.29 is 13.9 Å². The molecule has 1 N–H and O–H groups in total. The highest BCUT2D eigenvalue weighted by Crippen LogP contribution is 2.21. The van der Waals surface area contributed by atoms with E-state index in [2.05, 4.69) is 15.3 Å². The number of nitrogens with zero attached hydrogens (tertiary/aromatic N) is 2. The Labute approximate surface area is 177 Å². The van der Waals surface area contributed by atoms with Crippen LogP contribution in [-0.2, 0) is 11.4 Å². The minimum atomic E-state index is -0.207. The number of carbonyl (C=O) groups excluding carboxylic acids is 1. The normalized spacial score (nSPS) is 11.0. The second kappa shape index (κ2) is 9.19. The summed E-state index contributed by atoms with van der Waals surface area (Å²) >= 11 is 1.61. The van der Waals surface area contributed by atoms with Crippen molar-refractivity contribution in [3.05, 3.63) is 88.8 Å². The summed E-state index contributed by atoms with van der Waals surface area (Å²) in [4.78, 5) is 20.4. The predicted octanol–water partition coefficient (Wildman–Crippen LogP) is 5.34. The summed E-state index contributed by atoms with van der Waals surface area (Å²) in [5.41, 5.74) is 3.43. The first-order chi connectivity index (χ1) is 14.7. The molecule has 150 valence electrons. The van der Waals surface area contributed by atoms with Crippen LogP contribution in [0.25, 0.3) is 17.4 Å². The number of amides is 1. The Morgan fingerprint density at radius 2 is 1.97 bits per heavy atom. The van der Waals surface area contributed by atoms with Gasteiger partial charge in [-0.25, -0.2) is 9.97 Å². The third-order valence-corrected chi connectivity index (χ3v) is 5.05. The van der Waals surface area contributed by atoms with Crippen LogP contribution in [0, 0.1) is 6.92 Å². The topological polar surface area (TPSA) is 77.2 Å². The van der Waals surface area contributed by atoms with Crippen molar-refractivity contribution >= 4 is 29.0 Å². The summed E-state index contributed by atoms with van der Waals surface area (Å²) in [6.07, 6.45) is 6.28. The van der Waals surface area contributed by atoms with Crippen molar-refractivity contribution in [2.24, 2.45) is 0 Å². The number of ether oxygens (including phenoxy) is 1. The molecule has 2 heterocycles. The molecule has 0 saturated heterocycles. The zero-order valence-corrected chi connectivity index (χ0v) is 17.1. The smallest absolute Gasteiger partial charge is 0.248 e. The van der Waals surface area contributed by atoms with Crippen LogP contribution >= 0.6 is 11.3 Å². The molecule has 0 atom stereocenters. The van der Waals surface area contributed by atoms with Gasteiger partial charge in [-0.15, -0.1) is 11.3 Å². The number of benzene rings is 2. The molecule has 7 heteroatoms. The van der Waals surface area contributed by atoms with Gasteiger partial charge >= 0.3 is 0 Å². The molecule has 0 aliphatic carbocycles. The number of aromatic nitrogens is 2. The molecular formula is C23H19N3O3S.